The van der Waals surface area contributed by atoms with Gasteiger partial charge in [0.05, 0.1) is 18.7 Å². The Morgan fingerprint density at radius 2 is 2.24 bits per heavy atom. The van der Waals surface area contributed by atoms with Crippen molar-refractivity contribution in [1.82, 2.24) is 25.4 Å². The Hall–Kier alpha value is -3.02. The topological polar surface area (TPSA) is 99.2 Å². The van der Waals surface area contributed by atoms with Crippen LogP contribution in [0.5, 0.6) is 0 Å². The molecule has 0 aliphatic carbocycles. The van der Waals surface area contributed by atoms with E-state index >= 15 is 0 Å². The second kappa shape index (κ2) is 9.32. The molecule has 1 aromatic heterocycles. The number of rotatable bonds is 5. The van der Waals surface area contributed by atoms with Crippen LogP contribution in [0, 0.1) is 5.82 Å². The van der Waals surface area contributed by atoms with Gasteiger partial charge in [0, 0.05) is 60.6 Å². The summed E-state index contributed by atoms with van der Waals surface area (Å²) in [6.45, 7) is 2.89. The molecule has 0 bridgehead atoms. The Kier molecular flexibility index (Phi) is 6.24. The summed E-state index contributed by atoms with van der Waals surface area (Å²) in [5.41, 5.74) is 1.41. The van der Waals surface area contributed by atoms with Crippen LogP contribution < -0.4 is 10.6 Å². The van der Waals surface area contributed by atoms with Gasteiger partial charge in [0.2, 0.25) is 0 Å². The zero-order valence-electron chi connectivity index (χ0n) is 18.3. The Balaban J connectivity index is 1.54. The lowest BCUT2D eigenvalue weighted by Crippen LogP contribution is -2.53. The zero-order chi connectivity index (χ0) is 23.8. The number of hydrogen-bond acceptors (Lipinski definition) is 8. The molecule has 34 heavy (non-hydrogen) atoms. The van der Waals surface area contributed by atoms with Crippen LogP contribution in [0.2, 0.25) is 5.02 Å². The number of esters is 1. The summed E-state index contributed by atoms with van der Waals surface area (Å²) < 4.78 is 18.9. The zero-order valence-corrected chi connectivity index (χ0v) is 19.8. The van der Waals surface area contributed by atoms with E-state index in [2.05, 4.69) is 20.5 Å². The number of amides is 2. The second-order valence-corrected chi connectivity index (χ2v) is 9.46. The number of hydrogen-bond donors (Lipinski definition) is 2. The van der Waals surface area contributed by atoms with Crippen LogP contribution in [0.4, 0.5) is 9.18 Å². The van der Waals surface area contributed by atoms with Crippen LogP contribution in [0.25, 0.3) is 0 Å². The second-order valence-electron chi connectivity index (χ2n) is 8.16. The molecule has 2 saturated heterocycles. The molecule has 1 aromatic carbocycles. The predicted molar refractivity (Wildman–Crippen MR) is 125 cm³/mol. The van der Waals surface area contributed by atoms with Crippen molar-refractivity contribution in [3.63, 3.8) is 0 Å². The number of aliphatic imine (C=N–C) groups is 1. The number of carbonyl (C=O) groups excluding carboxylic acids is 2. The Labute approximate surface area is 204 Å². The highest BCUT2D eigenvalue weighted by atomic mass is 35.5. The van der Waals surface area contributed by atoms with Gasteiger partial charge in [0.25, 0.3) is 0 Å². The lowest BCUT2D eigenvalue weighted by Gasteiger charge is -2.38. The number of halogens is 2. The number of piperazine rings is 1. The summed E-state index contributed by atoms with van der Waals surface area (Å²) in [5, 5.41) is 8.82. The van der Waals surface area contributed by atoms with Crippen molar-refractivity contribution in [3.05, 3.63) is 62.5 Å². The van der Waals surface area contributed by atoms with E-state index in [0.717, 1.165) is 0 Å². The number of fused-ring (bicyclic) bond motifs is 1. The number of nitrogens with zero attached hydrogens (tertiary/aromatic N) is 4. The number of amidine groups is 1. The number of nitrogens with one attached hydrogen (secondary N) is 2. The van der Waals surface area contributed by atoms with Crippen molar-refractivity contribution >= 4 is 40.8 Å². The minimum Gasteiger partial charge on any atom is -0.466 e. The molecule has 9 nitrogen and oxygen atoms in total. The highest BCUT2D eigenvalue weighted by Crippen LogP contribution is 2.37. The maximum Gasteiger partial charge on any atom is 0.338 e. The van der Waals surface area contributed by atoms with Gasteiger partial charge in [-0.2, -0.15) is 0 Å². The minimum absolute atomic E-state index is 0.0425. The van der Waals surface area contributed by atoms with Crippen LogP contribution in [0.1, 0.15) is 16.6 Å². The quantitative estimate of drug-likeness (QED) is 0.605. The first kappa shape index (κ1) is 22.8. The first-order valence-corrected chi connectivity index (χ1v) is 12.0. The molecule has 2 atom stereocenters. The molecule has 3 aliphatic heterocycles. The molecule has 0 saturated carbocycles. The molecule has 0 radical (unpaired) electrons. The lowest BCUT2D eigenvalue weighted by atomic mass is 9.95. The van der Waals surface area contributed by atoms with Crippen molar-refractivity contribution in [2.75, 3.05) is 39.8 Å². The molecule has 2 fully saturated rings. The van der Waals surface area contributed by atoms with Gasteiger partial charge in [0.15, 0.2) is 10.8 Å². The summed E-state index contributed by atoms with van der Waals surface area (Å²) in [4.78, 5) is 38.1. The summed E-state index contributed by atoms with van der Waals surface area (Å²) in [5.74, 6) is -0.529. The molecule has 0 unspecified atom stereocenters. The predicted octanol–water partition coefficient (Wildman–Crippen LogP) is 2.16. The molecule has 2 amide bonds. The van der Waals surface area contributed by atoms with Gasteiger partial charge < -0.3 is 20.3 Å². The third kappa shape index (κ3) is 4.26. The molecule has 3 aliphatic rings. The van der Waals surface area contributed by atoms with Crippen LogP contribution in [0.15, 0.2) is 46.0 Å². The number of aromatic nitrogens is 1. The van der Waals surface area contributed by atoms with Gasteiger partial charge in [0.1, 0.15) is 11.9 Å². The fourth-order valence-corrected chi connectivity index (χ4v) is 5.36. The maximum atomic E-state index is 13.8. The monoisotopic (exact) mass is 504 g/mol. The van der Waals surface area contributed by atoms with Crippen molar-refractivity contribution in [3.8, 4) is 0 Å². The largest absolute Gasteiger partial charge is 0.466 e. The fourth-order valence-electron chi connectivity index (χ4n) is 4.50. The molecular formula is C22H22ClFN6O3S. The highest BCUT2D eigenvalue weighted by molar-refractivity contribution is 7.11. The van der Waals surface area contributed by atoms with Crippen molar-refractivity contribution in [2.24, 2.45) is 4.99 Å². The van der Waals surface area contributed by atoms with Gasteiger partial charge in [-0.25, -0.2) is 19.0 Å². The van der Waals surface area contributed by atoms with Gasteiger partial charge >= 0.3 is 12.0 Å². The molecule has 12 heteroatoms. The average Bonchev–Trinajstić information content (AvgIpc) is 3.49. The SMILES string of the molecule is COC(=O)C1=C(CN2CCN3C(=O)NC[C@@H]3C2)NC(c2nccs2)=N[C@H]1c1ccc(F)cc1Cl. The van der Waals surface area contributed by atoms with Crippen LogP contribution in [-0.2, 0) is 9.53 Å². The summed E-state index contributed by atoms with van der Waals surface area (Å²) in [7, 11) is 1.31. The van der Waals surface area contributed by atoms with Crippen LogP contribution in [0.3, 0.4) is 0 Å². The molecule has 4 heterocycles. The average molecular weight is 505 g/mol. The van der Waals surface area contributed by atoms with Crippen molar-refractivity contribution < 1.29 is 18.7 Å². The van der Waals surface area contributed by atoms with Gasteiger partial charge in [-0.1, -0.05) is 17.7 Å². The molecule has 5 rings (SSSR count). The fraction of sp³-hybridized carbons (Fsp3) is 0.364. The van der Waals surface area contributed by atoms with E-state index in [1.54, 1.807) is 6.20 Å². The number of methoxy groups -OCH3 is 1. The van der Waals surface area contributed by atoms with E-state index in [-0.39, 0.29) is 17.1 Å². The van der Waals surface area contributed by atoms with E-state index in [9.17, 15) is 14.0 Å². The van der Waals surface area contributed by atoms with E-state index in [1.165, 1.54) is 36.6 Å². The Morgan fingerprint density at radius 1 is 1.38 bits per heavy atom. The smallest absolute Gasteiger partial charge is 0.338 e. The summed E-state index contributed by atoms with van der Waals surface area (Å²) in [6, 6.07) is 3.26. The third-order valence-corrected chi connectivity index (χ3v) is 7.23. The molecular weight excluding hydrogens is 483 g/mol. The number of thiazole rings is 1. The Bertz CT molecular complexity index is 1190. The molecule has 2 N–H and O–H groups in total. The van der Waals surface area contributed by atoms with Crippen LogP contribution in [-0.4, -0.2) is 78.5 Å². The van der Waals surface area contributed by atoms with Gasteiger partial charge in [-0.3, -0.25) is 9.89 Å². The van der Waals surface area contributed by atoms with E-state index in [4.69, 9.17) is 21.3 Å². The van der Waals surface area contributed by atoms with Crippen molar-refractivity contribution in [2.45, 2.75) is 12.1 Å². The van der Waals surface area contributed by atoms with Gasteiger partial charge in [-0.15, -0.1) is 11.3 Å². The van der Waals surface area contributed by atoms with Crippen molar-refractivity contribution in [1.29, 1.82) is 0 Å². The number of benzene rings is 1. The van der Waals surface area contributed by atoms with E-state index in [1.807, 2.05) is 10.3 Å². The molecule has 178 valence electrons. The maximum absolute atomic E-state index is 13.8. The first-order valence-electron chi connectivity index (χ1n) is 10.7. The molecule has 2 aromatic rings. The summed E-state index contributed by atoms with van der Waals surface area (Å²) >= 11 is 7.80. The van der Waals surface area contributed by atoms with Crippen LogP contribution >= 0.6 is 22.9 Å². The van der Waals surface area contributed by atoms with E-state index in [0.29, 0.717) is 60.4 Å². The minimum atomic E-state index is -0.799. The van der Waals surface area contributed by atoms with Gasteiger partial charge in [-0.05, 0) is 12.1 Å². The number of ether oxygens (including phenoxy) is 1. The molecule has 0 spiro atoms. The summed E-state index contributed by atoms with van der Waals surface area (Å²) in [6.07, 6.45) is 1.67. The Morgan fingerprint density at radius 3 is 2.97 bits per heavy atom. The lowest BCUT2D eigenvalue weighted by molar-refractivity contribution is -0.136. The standard InChI is InChI=1S/C22H22ClFN6O3S/c1-33-21(31)17-16(11-29-5-6-30-13(10-29)9-26-22(30)32)27-19(20-25-4-7-34-20)28-18(17)14-3-2-12(24)8-15(14)23/h2-4,7-8,13,18H,5-6,9-11H2,1H3,(H,26,32)(H,27,28)/t13-,18+/m1/s1. The van der Waals surface area contributed by atoms with E-state index < -0.39 is 17.8 Å². The number of urea groups is 1. The highest BCUT2D eigenvalue weighted by Gasteiger charge is 2.38. The third-order valence-electron chi connectivity index (χ3n) is 6.12. The first-order chi connectivity index (χ1) is 16.4. The number of carbonyl (C=O) groups is 2. The normalized spacial score (nSPS) is 22.7.